The molecule has 0 atom stereocenters. The Bertz CT molecular complexity index is 779. The Morgan fingerprint density at radius 2 is 2.17 bits per heavy atom. The maximum absolute atomic E-state index is 9.12. The summed E-state index contributed by atoms with van der Waals surface area (Å²) in [6.07, 6.45) is 9.56. The van der Waals surface area contributed by atoms with Gasteiger partial charge in [-0.05, 0) is 37.8 Å². The van der Waals surface area contributed by atoms with E-state index >= 15 is 0 Å². The maximum atomic E-state index is 9.12. The summed E-state index contributed by atoms with van der Waals surface area (Å²) in [5.74, 6) is 2.05. The van der Waals surface area contributed by atoms with Crippen LogP contribution in [0, 0.1) is 0 Å². The molecule has 0 spiro atoms. The maximum Gasteiger partial charge on any atom is 0.176 e. The fraction of sp³-hybridized carbons (Fsp3) is 0.412. The van der Waals surface area contributed by atoms with Crippen LogP contribution in [0.2, 0.25) is 0 Å². The van der Waals surface area contributed by atoms with E-state index in [1.807, 2.05) is 23.6 Å². The van der Waals surface area contributed by atoms with Gasteiger partial charge in [-0.3, -0.25) is 0 Å². The molecule has 0 saturated heterocycles. The molecule has 0 saturated carbocycles. The molecule has 3 aromatic heterocycles. The van der Waals surface area contributed by atoms with Gasteiger partial charge in [0.1, 0.15) is 12.4 Å². The average Bonchev–Trinajstić information content (AvgIpc) is 3.30. The van der Waals surface area contributed by atoms with Gasteiger partial charge >= 0.3 is 0 Å². The van der Waals surface area contributed by atoms with Crippen LogP contribution < -0.4 is 0 Å². The topological polar surface area (TPSA) is 64.1 Å². The van der Waals surface area contributed by atoms with E-state index in [4.69, 9.17) is 14.5 Å². The van der Waals surface area contributed by atoms with Crippen molar-refractivity contribution in [3.8, 4) is 11.6 Å². The molecule has 1 aliphatic rings. The summed E-state index contributed by atoms with van der Waals surface area (Å²) in [5.41, 5.74) is 1.32. The third-order valence-electron chi connectivity index (χ3n) is 4.21. The number of hydrogen-bond acceptors (Lipinski definition) is 5. The van der Waals surface area contributed by atoms with Crippen molar-refractivity contribution in [2.45, 2.75) is 45.3 Å². The van der Waals surface area contributed by atoms with Gasteiger partial charge < -0.3 is 14.1 Å². The van der Waals surface area contributed by atoms with Crippen molar-refractivity contribution in [3.63, 3.8) is 0 Å². The van der Waals surface area contributed by atoms with Crippen LogP contribution in [0.4, 0.5) is 0 Å². The zero-order valence-electron chi connectivity index (χ0n) is 12.9. The number of imidazole rings is 1. The zero-order chi connectivity index (χ0) is 15.6. The van der Waals surface area contributed by atoms with E-state index in [1.54, 1.807) is 12.3 Å². The van der Waals surface area contributed by atoms with Crippen molar-refractivity contribution in [1.29, 1.82) is 0 Å². The summed E-state index contributed by atoms with van der Waals surface area (Å²) in [5, 5.41) is 10.3. The predicted molar refractivity (Wildman–Crippen MR) is 88.3 cm³/mol. The largest absolute Gasteiger partial charge is 0.455 e. The first kappa shape index (κ1) is 14.7. The number of nitrogens with zero attached hydrogens (tertiary/aromatic N) is 3. The molecule has 0 aliphatic heterocycles. The number of furan rings is 1. The van der Waals surface area contributed by atoms with Crippen LogP contribution in [0.5, 0.6) is 0 Å². The number of aryl methyl sites for hydroxylation is 4. The minimum absolute atomic E-state index is 0.0919. The lowest BCUT2D eigenvalue weighted by molar-refractivity contribution is 0.248. The molecular formula is C17H19N3O2S. The molecule has 1 aliphatic carbocycles. The van der Waals surface area contributed by atoms with E-state index < -0.39 is 0 Å². The Morgan fingerprint density at radius 1 is 1.26 bits per heavy atom. The number of hydrogen-bond donors (Lipinski definition) is 1. The first-order chi connectivity index (χ1) is 11.3. The SMILES string of the molecule is OCc1ccc(-c2nccn2CCc2nc3c(s2)CCCC3)o1. The summed E-state index contributed by atoms with van der Waals surface area (Å²) in [7, 11) is 0. The second-order valence-corrected chi connectivity index (χ2v) is 6.97. The van der Waals surface area contributed by atoms with Crippen molar-refractivity contribution in [1.82, 2.24) is 14.5 Å². The average molecular weight is 329 g/mol. The van der Waals surface area contributed by atoms with Crippen molar-refractivity contribution < 1.29 is 9.52 Å². The van der Waals surface area contributed by atoms with Crippen LogP contribution in [-0.4, -0.2) is 19.6 Å². The Kier molecular flexibility index (Phi) is 4.01. The highest BCUT2D eigenvalue weighted by Gasteiger charge is 2.16. The summed E-state index contributed by atoms with van der Waals surface area (Å²) >= 11 is 1.87. The van der Waals surface area contributed by atoms with Crippen molar-refractivity contribution in [2.24, 2.45) is 0 Å². The smallest absolute Gasteiger partial charge is 0.176 e. The highest BCUT2D eigenvalue weighted by Crippen LogP contribution is 2.27. The predicted octanol–water partition coefficient (Wildman–Crippen LogP) is 3.21. The van der Waals surface area contributed by atoms with Gasteiger partial charge in [-0.25, -0.2) is 9.97 Å². The van der Waals surface area contributed by atoms with Crippen LogP contribution in [0.3, 0.4) is 0 Å². The molecule has 4 rings (SSSR count). The summed E-state index contributed by atoms with van der Waals surface area (Å²) in [4.78, 5) is 10.7. The van der Waals surface area contributed by atoms with Crippen LogP contribution in [0.25, 0.3) is 11.6 Å². The van der Waals surface area contributed by atoms with Crippen LogP contribution in [0.15, 0.2) is 28.9 Å². The first-order valence-corrected chi connectivity index (χ1v) is 8.83. The number of aliphatic hydroxyl groups is 1. The second kappa shape index (κ2) is 6.29. The summed E-state index contributed by atoms with van der Waals surface area (Å²) in [6, 6.07) is 3.63. The molecule has 6 heteroatoms. The van der Waals surface area contributed by atoms with Crippen LogP contribution in [0.1, 0.15) is 34.2 Å². The van der Waals surface area contributed by atoms with Gasteiger partial charge in [0.15, 0.2) is 11.6 Å². The molecule has 1 N–H and O–H groups in total. The van der Waals surface area contributed by atoms with Gasteiger partial charge in [0, 0.05) is 30.2 Å². The lowest BCUT2D eigenvalue weighted by Crippen LogP contribution is -2.02. The van der Waals surface area contributed by atoms with Gasteiger partial charge in [-0.2, -0.15) is 0 Å². The highest BCUT2D eigenvalue weighted by atomic mass is 32.1. The number of rotatable bonds is 5. The zero-order valence-corrected chi connectivity index (χ0v) is 13.7. The van der Waals surface area contributed by atoms with Gasteiger partial charge in [0.25, 0.3) is 0 Å². The minimum Gasteiger partial charge on any atom is -0.455 e. The fourth-order valence-corrected chi connectivity index (χ4v) is 4.17. The third kappa shape index (κ3) is 2.96. The monoisotopic (exact) mass is 329 g/mol. The Labute approximate surface area is 138 Å². The number of aliphatic hydroxyl groups excluding tert-OH is 1. The number of fused-ring (bicyclic) bond motifs is 1. The number of thiazole rings is 1. The van der Waals surface area contributed by atoms with Gasteiger partial charge in [0.2, 0.25) is 0 Å². The van der Waals surface area contributed by atoms with E-state index in [-0.39, 0.29) is 6.61 Å². The lowest BCUT2D eigenvalue weighted by atomic mass is 10.0. The third-order valence-corrected chi connectivity index (χ3v) is 5.43. The van der Waals surface area contributed by atoms with Crippen molar-refractivity contribution in [2.75, 3.05) is 0 Å². The molecule has 0 amide bonds. The second-order valence-electron chi connectivity index (χ2n) is 5.80. The molecule has 3 heterocycles. The Balaban J connectivity index is 1.49. The molecule has 23 heavy (non-hydrogen) atoms. The molecule has 0 fully saturated rings. The normalized spacial score (nSPS) is 14.1. The van der Waals surface area contributed by atoms with Crippen molar-refractivity contribution in [3.05, 3.63) is 45.9 Å². The standard InChI is InChI=1S/C17H19N3O2S/c21-11-12-5-6-14(22-12)17-18-8-10-20(17)9-7-16-19-13-3-1-2-4-15(13)23-16/h5-6,8,10,21H,1-4,7,9,11H2. The Hall–Kier alpha value is -1.92. The molecular weight excluding hydrogens is 310 g/mol. The summed E-state index contributed by atoms with van der Waals surface area (Å²) < 4.78 is 7.67. The van der Waals surface area contributed by atoms with E-state index in [0.29, 0.717) is 11.5 Å². The molecule has 0 unspecified atom stereocenters. The molecule has 5 nitrogen and oxygen atoms in total. The fourth-order valence-electron chi connectivity index (χ4n) is 3.03. The molecule has 0 aromatic carbocycles. The molecule has 0 radical (unpaired) electrons. The van der Waals surface area contributed by atoms with E-state index in [9.17, 15) is 0 Å². The molecule has 120 valence electrons. The van der Waals surface area contributed by atoms with Gasteiger partial charge in [-0.1, -0.05) is 0 Å². The summed E-state index contributed by atoms with van der Waals surface area (Å²) in [6.45, 7) is 0.738. The van der Waals surface area contributed by atoms with Gasteiger partial charge in [0.05, 0.1) is 10.7 Å². The molecule has 3 aromatic rings. The first-order valence-electron chi connectivity index (χ1n) is 8.02. The quantitative estimate of drug-likeness (QED) is 0.780. The Morgan fingerprint density at radius 3 is 3.00 bits per heavy atom. The van der Waals surface area contributed by atoms with Crippen LogP contribution in [-0.2, 0) is 32.4 Å². The van der Waals surface area contributed by atoms with Gasteiger partial charge in [-0.15, -0.1) is 11.3 Å². The van der Waals surface area contributed by atoms with E-state index in [0.717, 1.165) is 25.2 Å². The molecule has 0 bridgehead atoms. The van der Waals surface area contributed by atoms with E-state index in [2.05, 4.69) is 9.55 Å². The highest BCUT2D eigenvalue weighted by molar-refractivity contribution is 7.11. The number of aromatic nitrogens is 3. The van der Waals surface area contributed by atoms with E-state index in [1.165, 1.54) is 34.8 Å². The lowest BCUT2D eigenvalue weighted by Gasteiger charge is -2.06. The van der Waals surface area contributed by atoms with Crippen LogP contribution >= 0.6 is 11.3 Å². The van der Waals surface area contributed by atoms with Crippen molar-refractivity contribution >= 4 is 11.3 Å². The minimum atomic E-state index is -0.0919.